The Morgan fingerprint density at radius 2 is 1.61 bits per heavy atom. The van der Waals surface area contributed by atoms with E-state index in [9.17, 15) is 9.59 Å². The maximum absolute atomic E-state index is 11.8. The van der Waals surface area contributed by atoms with Crippen molar-refractivity contribution in [1.82, 2.24) is 0 Å². The van der Waals surface area contributed by atoms with Gasteiger partial charge in [0.05, 0.1) is 7.11 Å². The second kappa shape index (κ2) is 8.43. The summed E-state index contributed by atoms with van der Waals surface area (Å²) in [6.07, 6.45) is -0.862. The summed E-state index contributed by atoms with van der Waals surface area (Å²) in [5.74, 6) is -0.601. The van der Waals surface area contributed by atoms with Gasteiger partial charge in [-0.1, -0.05) is 65.8 Å². The van der Waals surface area contributed by atoms with Crippen molar-refractivity contribution in [2.75, 3.05) is 7.11 Å². The maximum Gasteiger partial charge on any atom is 0.452 e. The van der Waals surface area contributed by atoms with Crippen LogP contribution in [0.25, 0.3) is 0 Å². The summed E-state index contributed by atoms with van der Waals surface area (Å²) in [4.78, 5) is 23.4. The summed E-state index contributed by atoms with van der Waals surface area (Å²) >= 11 is 0. The van der Waals surface area contributed by atoms with Gasteiger partial charge < -0.3 is 9.47 Å². The Balaban J connectivity index is 2.00. The number of nitrogens with zero attached hydrogens (tertiary/aromatic N) is 2. The predicted octanol–water partition coefficient (Wildman–Crippen LogP) is 3.69. The lowest BCUT2D eigenvalue weighted by Crippen LogP contribution is -2.12. The highest BCUT2D eigenvalue weighted by Gasteiger charge is 2.21. The molecule has 0 fully saturated rings. The Morgan fingerprint density at radius 3 is 2.22 bits per heavy atom. The second-order valence-corrected chi connectivity index (χ2v) is 4.59. The van der Waals surface area contributed by atoms with E-state index in [4.69, 9.17) is 4.74 Å². The minimum Gasteiger partial charge on any atom is -0.467 e. The number of hydrogen-bond acceptors (Lipinski definition) is 5. The van der Waals surface area contributed by atoms with E-state index in [2.05, 4.69) is 15.0 Å². The smallest absolute Gasteiger partial charge is 0.452 e. The predicted molar refractivity (Wildman–Crippen MR) is 82.7 cm³/mol. The fourth-order valence-corrected chi connectivity index (χ4v) is 1.85. The molecule has 0 spiro atoms. The van der Waals surface area contributed by atoms with Gasteiger partial charge in [0.15, 0.2) is 6.04 Å². The lowest BCUT2D eigenvalue weighted by atomic mass is 10.1. The molecule has 0 N–H and O–H groups in total. The highest BCUT2D eigenvalue weighted by Crippen LogP contribution is 2.19. The number of benzene rings is 2. The van der Waals surface area contributed by atoms with Gasteiger partial charge in [-0.25, -0.2) is 9.59 Å². The van der Waals surface area contributed by atoms with Gasteiger partial charge in [0, 0.05) is 0 Å². The molecule has 1 amide bonds. The fraction of sp³-hybridized carbons (Fsp3) is 0.176. The number of rotatable bonds is 5. The number of hydrogen-bond donors (Lipinski definition) is 0. The van der Waals surface area contributed by atoms with E-state index in [1.807, 2.05) is 36.4 Å². The monoisotopic (exact) mass is 312 g/mol. The van der Waals surface area contributed by atoms with Gasteiger partial charge in [-0.05, 0) is 11.1 Å². The van der Waals surface area contributed by atoms with Gasteiger partial charge in [0.1, 0.15) is 6.61 Å². The molecule has 0 aliphatic rings. The Labute approximate surface area is 133 Å². The van der Waals surface area contributed by atoms with Crippen molar-refractivity contribution in [3.8, 4) is 0 Å². The Bertz CT molecular complexity index is 672. The minimum atomic E-state index is -0.995. The first-order valence-corrected chi connectivity index (χ1v) is 6.95. The van der Waals surface area contributed by atoms with Crippen molar-refractivity contribution < 1.29 is 19.1 Å². The fourth-order valence-electron chi connectivity index (χ4n) is 1.85. The SMILES string of the molecule is COC(=O)C(N=NC(=O)OCc1ccccc1)c1ccccc1. The van der Waals surface area contributed by atoms with Crippen molar-refractivity contribution in [1.29, 1.82) is 0 Å². The van der Waals surface area contributed by atoms with E-state index >= 15 is 0 Å². The summed E-state index contributed by atoms with van der Waals surface area (Å²) in [7, 11) is 1.25. The van der Waals surface area contributed by atoms with Crippen molar-refractivity contribution in [2.24, 2.45) is 10.2 Å². The van der Waals surface area contributed by atoms with Crippen LogP contribution in [0, 0.1) is 0 Å². The van der Waals surface area contributed by atoms with Crippen LogP contribution in [0.3, 0.4) is 0 Å². The zero-order chi connectivity index (χ0) is 16.5. The minimum absolute atomic E-state index is 0.0902. The normalized spacial score (nSPS) is 11.9. The number of carbonyl (C=O) groups excluding carboxylic acids is 2. The molecule has 0 aliphatic heterocycles. The van der Waals surface area contributed by atoms with Crippen LogP contribution in [0.15, 0.2) is 70.9 Å². The largest absolute Gasteiger partial charge is 0.467 e. The molecule has 0 bridgehead atoms. The highest BCUT2D eigenvalue weighted by atomic mass is 16.5. The first-order valence-electron chi connectivity index (χ1n) is 6.95. The summed E-state index contributed by atoms with van der Waals surface area (Å²) in [6, 6.07) is 16.9. The number of azo groups is 1. The van der Waals surface area contributed by atoms with Crippen LogP contribution < -0.4 is 0 Å². The van der Waals surface area contributed by atoms with Gasteiger partial charge in [-0.2, -0.15) is 5.11 Å². The molecule has 1 unspecified atom stereocenters. The van der Waals surface area contributed by atoms with E-state index in [-0.39, 0.29) is 6.61 Å². The van der Waals surface area contributed by atoms with Gasteiger partial charge in [-0.15, -0.1) is 0 Å². The number of ether oxygens (including phenoxy) is 2. The van der Waals surface area contributed by atoms with Crippen LogP contribution in [-0.2, 0) is 20.9 Å². The molecule has 2 rings (SSSR count). The van der Waals surface area contributed by atoms with E-state index in [0.29, 0.717) is 5.56 Å². The van der Waals surface area contributed by atoms with Crippen LogP contribution in [-0.4, -0.2) is 19.2 Å². The van der Waals surface area contributed by atoms with E-state index in [1.54, 1.807) is 24.3 Å². The van der Waals surface area contributed by atoms with Crippen LogP contribution in [0.4, 0.5) is 4.79 Å². The highest BCUT2D eigenvalue weighted by molar-refractivity contribution is 5.78. The molecule has 1 atom stereocenters. The Hall–Kier alpha value is -3.02. The van der Waals surface area contributed by atoms with Gasteiger partial charge in [0.2, 0.25) is 0 Å². The molecule has 0 saturated heterocycles. The molecule has 0 saturated carbocycles. The van der Waals surface area contributed by atoms with Gasteiger partial charge >= 0.3 is 12.1 Å². The van der Waals surface area contributed by atoms with Crippen molar-refractivity contribution in [3.05, 3.63) is 71.8 Å². The van der Waals surface area contributed by atoms with Gasteiger partial charge in [0.25, 0.3) is 0 Å². The molecular weight excluding hydrogens is 296 g/mol. The average Bonchev–Trinajstić information content (AvgIpc) is 2.61. The number of amides is 1. The topological polar surface area (TPSA) is 77.3 Å². The third-order valence-electron chi connectivity index (χ3n) is 3.00. The van der Waals surface area contributed by atoms with E-state index in [1.165, 1.54) is 7.11 Å². The van der Waals surface area contributed by atoms with Gasteiger partial charge in [-0.3, -0.25) is 0 Å². The molecule has 6 nitrogen and oxygen atoms in total. The van der Waals surface area contributed by atoms with Crippen molar-refractivity contribution >= 4 is 12.1 Å². The van der Waals surface area contributed by atoms with Crippen molar-refractivity contribution in [3.63, 3.8) is 0 Å². The molecule has 6 heteroatoms. The summed E-state index contributed by atoms with van der Waals surface area (Å²) in [5, 5.41) is 7.20. The molecule has 2 aromatic carbocycles. The molecule has 0 radical (unpaired) electrons. The summed E-state index contributed by atoms with van der Waals surface area (Å²) in [5.41, 5.74) is 1.42. The standard InChI is InChI=1S/C17H16N2O4/c1-22-16(20)15(14-10-6-3-7-11-14)18-19-17(21)23-12-13-8-4-2-5-9-13/h2-11,15H,12H2,1H3. The Morgan fingerprint density at radius 1 is 1.00 bits per heavy atom. The van der Waals surface area contributed by atoms with Crippen LogP contribution in [0.1, 0.15) is 17.2 Å². The quantitative estimate of drug-likeness (QED) is 0.623. The van der Waals surface area contributed by atoms with Crippen LogP contribution in [0.2, 0.25) is 0 Å². The molecule has 2 aromatic rings. The molecule has 0 heterocycles. The van der Waals surface area contributed by atoms with Crippen LogP contribution in [0.5, 0.6) is 0 Å². The lowest BCUT2D eigenvalue weighted by molar-refractivity contribution is -0.142. The third-order valence-corrected chi connectivity index (χ3v) is 3.00. The lowest BCUT2D eigenvalue weighted by Gasteiger charge is -2.08. The average molecular weight is 312 g/mol. The zero-order valence-electron chi connectivity index (χ0n) is 12.6. The van der Waals surface area contributed by atoms with Crippen LogP contribution >= 0.6 is 0 Å². The van der Waals surface area contributed by atoms with E-state index < -0.39 is 18.1 Å². The van der Waals surface area contributed by atoms with E-state index in [0.717, 1.165) is 5.56 Å². The zero-order valence-corrected chi connectivity index (χ0v) is 12.6. The molecule has 0 aliphatic carbocycles. The molecule has 0 aromatic heterocycles. The summed E-state index contributed by atoms with van der Waals surface area (Å²) < 4.78 is 9.66. The molecule has 118 valence electrons. The second-order valence-electron chi connectivity index (χ2n) is 4.59. The first kappa shape index (κ1) is 16.4. The number of esters is 1. The number of methoxy groups -OCH3 is 1. The molecular formula is C17H16N2O4. The molecule has 23 heavy (non-hydrogen) atoms. The maximum atomic E-state index is 11.8. The summed E-state index contributed by atoms with van der Waals surface area (Å²) in [6.45, 7) is 0.0902. The Kier molecular flexibility index (Phi) is 5.99. The number of carbonyl (C=O) groups is 2. The third kappa shape index (κ3) is 5.03. The first-order chi connectivity index (χ1) is 11.2. The van der Waals surface area contributed by atoms with Crippen molar-refractivity contribution in [2.45, 2.75) is 12.6 Å².